The molecule has 0 saturated heterocycles. The summed E-state index contributed by atoms with van der Waals surface area (Å²) >= 11 is 3.37. The standard InChI is InChI=1S/C11H11BrO5S/c1-15-10-4-3-9(12)8-5-7(17-11(8)10)6-18(13,14)16-2/h3-5H,6H2,1-2H3. The van der Waals surface area contributed by atoms with E-state index in [9.17, 15) is 8.42 Å². The van der Waals surface area contributed by atoms with Crippen molar-refractivity contribution in [2.45, 2.75) is 5.75 Å². The van der Waals surface area contributed by atoms with Crippen molar-refractivity contribution in [1.82, 2.24) is 0 Å². The van der Waals surface area contributed by atoms with Crippen molar-refractivity contribution in [3.05, 3.63) is 28.4 Å². The van der Waals surface area contributed by atoms with Crippen molar-refractivity contribution < 1.29 is 21.8 Å². The molecule has 0 aliphatic carbocycles. The van der Waals surface area contributed by atoms with Crippen LogP contribution in [0.3, 0.4) is 0 Å². The molecule has 0 amide bonds. The molecular weight excluding hydrogens is 324 g/mol. The van der Waals surface area contributed by atoms with Gasteiger partial charge >= 0.3 is 0 Å². The molecule has 0 bridgehead atoms. The summed E-state index contributed by atoms with van der Waals surface area (Å²) in [7, 11) is -0.958. The summed E-state index contributed by atoms with van der Waals surface area (Å²) in [5.41, 5.74) is 0.508. The summed E-state index contributed by atoms with van der Waals surface area (Å²) in [6, 6.07) is 5.20. The highest BCUT2D eigenvalue weighted by Gasteiger charge is 2.17. The Hall–Kier alpha value is -1.05. The highest BCUT2D eigenvalue weighted by molar-refractivity contribution is 9.10. The zero-order chi connectivity index (χ0) is 13.3. The molecular formula is C11H11BrO5S. The Labute approximate surface area is 113 Å². The molecule has 1 aromatic heterocycles. The Balaban J connectivity index is 2.53. The van der Waals surface area contributed by atoms with Gasteiger partial charge in [-0.2, -0.15) is 8.42 Å². The molecule has 0 fully saturated rings. The Morgan fingerprint density at radius 2 is 2.06 bits per heavy atom. The smallest absolute Gasteiger partial charge is 0.274 e. The van der Waals surface area contributed by atoms with E-state index in [0.29, 0.717) is 17.1 Å². The molecule has 0 unspecified atom stereocenters. The van der Waals surface area contributed by atoms with Gasteiger partial charge in [-0.25, -0.2) is 0 Å². The third-order valence-electron chi connectivity index (χ3n) is 2.44. The third-order valence-corrected chi connectivity index (χ3v) is 4.28. The van der Waals surface area contributed by atoms with Gasteiger partial charge in [-0.15, -0.1) is 0 Å². The molecule has 0 aliphatic rings. The predicted octanol–water partition coefficient (Wildman–Crippen LogP) is 2.68. The van der Waals surface area contributed by atoms with Crippen LogP contribution in [0.5, 0.6) is 5.75 Å². The first-order valence-electron chi connectivity index (χ1n) is 5.00. The summed E-state index contributed by atoms with van der Waals surface area (Å²) in [4.78, 5) is 0. The molecule has 0 N–H and O–H groups in total. The van der Waals surface area contributed by atoms with Crippen molar-refractivity contribution in [3.63, 3.8) is 0 Å². The molecule has 1 aromatic carbocycles. The van der Waals surface area contributed by atoms with Gasteiger partial charge in [-0.3, -0.25) is 4.18 Å². The lowest BCUT2D eigenvalue weighted by Crippen LogP contribution is -2.04. The van der Waals surface area contributed by atoms with E-state index in [1.807, 2.05) is 6.07 Å². The van der Waals surface area contributed by atoms with Crippen LogP contribution in [0.15, 0.2) is 27.1 Å². The van der Waals surface area contributed by atoms with Gasteiger partial charge in [-0.1, -0.05) is 15.9 Å². The molecule has 2 rings (SSSR count). The van der Waals surface area contributed by atoms with Crippen LogP contribution in [0, 0.1) is 0 Å². The minimum atomic E-state index is -3.60. The van der Waals surface area contributed by atoms with E-state index in [4.69, 9.17) is 9.15 Å². The van der Waals surface area contributed by atoms with E-state index in [0.717, 1.165) is 17.0 Å². The number of rotatable bonds is 4. The number of benzene rings is 1. The zero-order valence-electron chi connectivity index (χ0n) is 9.77. The maximum atomic E-state index is 11.4. The molecule has 0 aliphatic heterocycles. The Bertz CT molecular complexity index is 674. The zero-order valence-corrected chi connectivity index (χ0v) is 12.2. The highest BCUT2D eigenvalue weighted by atomic mass is 79.9. The Morgan fingerprint density at radius 3 is 2.67 bits per heavy atom. The first-order chi connectivity index (χ1) is 8.46. The Kier molecular flexibility index (Phi) is 3.65. The molecule has 5 nitrogen and oxygen atoms in total. The first kappa shape index (κ1) is 13.4. The molecule has 98 valence electrons. The molecule has 18 heavy (non-hydrogen) atoms. The largest absolute Gasteiger partial charge is 0.493 e. The highest BCUT2D eigenvalue weighted by Crippen LogP contribution is 2.34. The van der Waals surface area contributed by atoms with Crippen molar-refractivity contribution in [2.24, 2.45) is 0 Å². The summed E-state index contributed by atoms with van der Waals surface area (Å²) in [5, 5.41) is 0.760. The van der Waals surface area contributed by atoms with E-state index < -0.39 is 10.1 Å². The summed E-state index contributed by atoms with van der Waals surface area (Å²) in [5.74, 6) is 0.541. The monoisotopic (exact) mass is 334 g/mol. The molecule has 1 heterocycles. The van der Waals surface area contributed by atoms with Crippen LogP contribution in [-0.2, 0) is 20.1 Å². The normalized spacial score (nSPS) is 11.9. The van der Waals surface area contributed by atoms with Crippen molar-refractivity contribution in [3.8, 4) is 5.75 Å². The lowest BCUT2D eigenvalue weighted by molar-refractivity contribution is 0.390. The van der Waals surface area contributed by atoms with Crippen molar-refractivity contribution >= 4 is 37.0 Å². The number of furan rings is 1. The number of fused-ring (bicyclic) bond motifs is 1. The second-order valence-electron chi connectivity index (χ2n) is 3.57. The minimum Gasteiger partial charge on any atom is -0.493 e. The first-order valence-corrected chi connectivity index (χ1v) is 7.37. The van der Waals surface area contributed by atoms with Gasteiger partial charge < -0.3 is 9.15 Å². The number of ether oxygens (including phenoxy) is 1. The minimum absolute atomic E-state index is 0.303. The van der Waals surface area contributed by atoms with Gasteiger partial charge in [-0.05, 0) is 18.2 Å². The fraction of sp³-hybridized carbons (Fsp3) is 0.273. The molecule has 0 radical (unpaired) electrons. The van der Waals surface area contributed by atoms with Gasteiger partial charge in [0.2, 0.25) is 0 Å². The second-order valence-corrected chi connectivity index (χ2v) is 6.17. The SMILES string of the molecule is COc1ccc(Br)c2cc(CS(=O)(=O)OC)oc12. The van der Waals surface area contributed by atoms with Crippen LogP contribution in [-0.4, -0.2) is 22.6 Å². The number of halogens is 1. The van der Waals surface area contributed by atoms with Crippen LogP contribution in [0.2, 0.25) is 0 Å². The third kappa shape index (κ3) is 2.52. The molecule has 2 aromatic rings. The lowest BCUT2D eigenvalue weighted by Gasteiger charge is -2.00. The topological polar surface area (TPSA) is 65.7 Å². The lowest BCUT2D eigenvalue weighted by atomic mass is 10.2. The summed E-state index contributed by atoms with van der Waals surface area (Å²) in [6.45, 7) is 0. The number of hydrogen-bond acceptors (Lipinski definition) is 5. The fourth-order valence-corrected chi connectivity index (χ4v) is 2.62. The molecule has 7 heteroatoms. The Morgan fingerprint density at radius 1 is 1.33 bits per heavy atom. The maximum absolute atomic E-state index is 11.4. The molecule has 0 saturated carbocycles. The van der Waals surface area contributed by atoms with Crippen LogP contribution in [0.4, 0.5) is 0 Å². The quantitative estimate of drug-likeness (QED) is 0.804. The van der Waals surface area contributed by atoms with E-state index >= 15 is 0 Å². The fourth-order valence-electron chi connectivity index (χ4n) is 1.58. The van der Waals surface area contributed by atoms with E-state index in [-0.39, 0.29) is 5.75 Å². The van der Waals surface area contributed by atoms with Crippen LogP contribution >= 0.6 is 15.9 Å². The maximum Gasteiger partial charge on any atom is 0.274 e. The van der Waals surface area contributed by atoms with E-state index in [1.165, 1.54) is 7.11 Å². The van der Waals surface area contributed by atoms with Crippen molar-refractivity contribution in [2.75, 3.05) is 14.2 Å². The number of hydrogen-bond donors (Lipinski definition) is 0. The second kappa shape index (κ2) is 4.91. The van der Waals surface area contributed by atoms with E-state index in [1.54, 1.807) is 12.1 Å². The molecule has 0 spiro atoms. The van der Waals surface area contributed by atoms with Gasteiger partial charge in [0.25, 0.3) is 10.1 Å². The van der Waals surface area contributed by atoms with Gasteiger partial charge in [0.1, 0.15) is 11.5 Å². The van der Waals surface area contributed by atoms with Crippen LogP contribution < -0.4 is 4.74 Å². The summed E-state index contributed by atoms with van der Waals surface area (Å²) < 4.78 is 38.6. The van der Waals surface area contributed by atoms with Crippen molar-refractivity contribution in [1.29, 1.82) is 0 Å². The number of methoxy groups -OCH3 is 1. The van der Waals surface area contributed by atoms with Gasteiger partial charge in [0, 0.05) is 9.86 Å². The molecule has 0 atom stereocenters. The average Bonchev–Trinajstić information content (AvgIpc) is 2.73. The van der Waals surface area contributed by atoms with Gasteiger partial charge in [0.15, 0.2) is 11.3 Å². The average molecular weight is 335 g/mol. The predicted molar refractivity (Wildman–Crippen MR) is 70.1 cm³/mol. The van der Waals surface area contributed by atoms with Crippen LogP contribution in [0.25, 0.3) is 11.0 Å². The van der Waals surface area contributed by atoms with Gasteiger partial charge in [0.05, 0.1) is 14.2 Å². The van der Waals surface area contributed by atoms with E-state index in [2.05, 4.69) is 20.1 Å². The summed E-state index contributed by atoms with van der Waals surface area (Å²) in [6.07, 6.45) is 0. The van der Waals surface area contributed by atoms with Crippen LogP contribution in [0.1, 0.15) is 5.76 Å².